The van der Waals surface area contributed by atoms with Gasteiger partial charge in [0.15, 0.2) is 0 Å². The summed E-state index contributed by atoms with van der Waals surface area (Å²) >= 11 is 5.98. The van der Waals surface area contributed by atoms with E-state index in [1.54, 1.807) is 12.1 Å². The molecule has 0 aliphatic carbocycles. The molecule has 7 heteroatoms. The van der Waals surface area contributed by atoms with Crippen LogP contribution in [0.5, 0.6) is 11.8 Å². The van der Waals surface area contributed by atoms with Gasteiger partial charge < -0.3 is 9.84 Å². The molecule has 1 heterocycles. The van der Waals surface area contributed by atoms with E-state index in [1.807, 2.05) is 12.1 Å². The molecule has 6 nitrogen and oxygen atoms in total. The number of ether oxygens (including phenoxy) is 1. The molecule has 0 radical (unpaired) electrons. The Morgan fingerprint density at radius 2 is 1.86 bits per heavy atom. The van der Waals surface area contributed by atoms with Crippen molar-refractivity contribution >= 4 is 28.6 Å². The quantitative estimate of drug-likeness (QED) is 0.799. The number of rotatable bonds is 3. The van der Waals surface area contributed by atoms with Crippen molar-refractivity contribution in [1.82, 2.24) is 15.2 Å². The highest BCUT2D eigenvalue weighted by Crippen LogP contribution is 2.28. The monoisotopic (exact) mass is 301 g/mol. The van der Waals surface area contributed by atoms with E-state index in [9.17, 15) is 4.79 Å². The predicted molar refractivity (Wildman–Crippen MR) is 75.8 cm³/mol. The molecule has 2 aromatic carbocycles. The van der Waals surface area contributed by atoms with E-state index in [-0.39, 0.29) is 22.3 Å². The minimum atomic E-state index is -1.06. The molecule has 0 spiro atoms. The lowest BCUT2D eigenvalue weighted by Crippen LogP contribution is -1.98. The maximum absolute atomic E-state index is 10.8. The van der Waals surface area contributed by atoms with E-state index in [4.69, 9.17) is 21.4 Å². The summed E-state index contributed by atoms with van der Waals surface area (Å²) in [7, 11) is 0. The normalized spacial score (nSPS) is 10.5. The average molecular weight is 302 g/mol. The van der Waals surface area contributed by atoms with Crippen molar-refractivity contribution in [2.75, 3.05) is 0 Å². The summed E-state index contributed by atoms with van der Waals surface area (Å²) in [6.45, 7) is 0. The van der Waals surface area contributed by atoms with Crippen LogP contribution in [0.15, 0.2) is 42.5 Å². The number of carboxylic acids is 1. The van der Waals surface area contributed by atoms with Gasteiger partial charge in [0.2, 0.25) is 0 Å². The molecule has 1 aromatic heterocycles. The van der Waals surface area contributed by atoms with Crippen LogP contribution in [0.1, 0.15) is 10.4 Å². The molecule has 3 rings (SSSR count). The third-order valence-corrected chi connectivity index (χ3v) is 3.02. The average Bonchev–Trinajstić information content (AvgIpc) is 2.49. The van der Waals surface area contributed by atoms with Crippen LogP contribution in [0.25, 0.3) is 11.0 Å². The number of carbonyl (C=O) groups is 1. The Morgan fingerprint density at radius 1 is 1.10 bits per heavy atom. The number of hydrogen-bond donors (Lipinski definition) is 1. The fourth-order valence-corrected chi connectivity index (χ4v) is 1.94. The van der Waals surface area contributed by atoms with E-state index in [1.165, 1.54) is 18.2 Å². The van der Waals surface area contributed by atoms with Gasteiger partial charge in [-0.2, -0.15) is 4.98 Å². The van der Waals surface area contributed by atoms with Crippen LogP contribution in [0, 0.1) is 0 Å². The molecule has 21 heavy (non-hydrogen) atoms. The largest absolute Gasteiger partial charge is 0.478 e. The van der Waals surface area contributed by atoms with E-state index < -0.39 is 5.97 Å². The van der Waals surface area contributed by atoms with Gasteiger partial charge in [0, 0.05) is 0 Å². The first-order chi connectivity index (χ1) is 10.1. The zero-order chi connectivity index (χ0) is 14.8. The Hall–Kier alpha value is -2.73. The van der Waals surface area contributed by atoms with E-state index >= 15 is 0 Å². The second-order valence-electron chi connectivity index (χ2n) is 4.14. The molecule has 0 fully saturated rings. The molecule has 0 aliphatic rings. The summed E-state index contributed by atoms with van der Waals surface area (Å²) in [6.07, 6.45) is 0. The van der Waals surface area contributed by atoms with Crippen LogP contribution in [0.4, 0.5) is 0 Å². The van der Waals surface area contributed by atoms with Gasteiger partial charge in [-0.25, -0.2) is 4.79 Å². The summed E-state index contributed by atoms with van der Waals surface area (Å²) in [4.78, 5) is 15.0. The summed E-state index contributed by atoms with van der Waals surface area (Å²) in [6, 6.07) is 11.4. The van der Waals surface area contributed by atoms with Gasteiger partial charge in [0.1, 0.15) is 11.3 Å². The lowest BCUT2D eigenvalue weighted by molar-refractivity contribution is 0.0697. The van der Waals surface area contributed by atoms with Crippen molar-refractivity contribution in [1.29, 1.82) is 0 Å². The number of halogens is 1. The smallest absolute Gasteiger partial charge is 0.341 e. The Morgan fingerprint density at radius 3 is 2.57 bits per heavy atom. The molecule has 0 bridgehead atoms. The second kappa shape index (κ2) is 5.34. The number of para-hydroxylation sites is 1. The van der Waals surface area contributed by atoms with Crippen LogP contribution in [0.2, 0.25) is 5.02 Å². The molecule has 0 saturated heterocycles. The highest BCUT2D eigenvalue weighted by molar-refractivity contribution is 6.32. The van der Waals surface area contributed by atoms with E-state index in [0.29, 0.717) is 11.0 Å². The molecule has 0 saturated carbocycles. The van der Waals surface area contributed by atoms with Crippen LogP contribution in [-0.2, 0) is 0 Å². The lowest BCUT2D eigenvalue weighted by Gasteiger charge is -2.06. The number of fused-ring (bicyclic) bond motifs is 1. The number of benzene rings is 2. The van der Waals surface area contributed by atoms with Crippen LogP contribution in [-0.4, -0.2) is 26.3 Å². The number of hydrogen-bond acceptors (Lipinski definition) is 5. The third-order valence-electron chi connectivity index (χ3n) is 2.72. The van der Waals surface area contributed by atoms with E-state index in [2.05, 4.69) is 15.2 Å². The van der Waals surface area contributed by atoms with Crippen LogP contribution < -0.4 is 4.74 Å². The van der Waals surface area contributed by atoms with E-state index in [0.717, 1.165) is 0 Å². The summed E-state index contributed by atoms with van der Waals surface area (Å²) < 4.78 is 5.44. The Bertz CT molecular complexity index is 839. The van der Waals surface area contributed by atoms with Crippen LogP contribution in [0.3, 0.4) is 0 Å². The molecular formula is C14H8ClN3O3. The number of aromatic nitrogens is 3. The Labute approximate surface area is 124 Å². The van der Waals surface area contributed by atoms with Gasteiger partial charge >= 0.3 is 12.0 Å². The van der Waals surface area contributed by atoms with Gasteiger partial charge in [-0.05, 0) is 30.3 Å². The molecule has 0 amide bonds. The molecule has 3 aromatic rings. The SMILES string of the molecule is O=C(O)c1ccc(Oc2nnc3ccccc3n2)c(Cl)c1. The van der Waals surface area contributed by atoms with Gasteiger partial charge in [-0.1, -0.05) is 28.8 Å². The predicted octanol–water partition coefficient (Wildman–Crippen LogP) is 3.17. The highest BCUT2D eigenvalue weighted by Gasteiger charge is 2.10. The van der Waals surface area contributed by atoms with Crippen molar-refractivity contribution in [3.05, 3.63) is 53.1 Å². The summed E-state index contributed by atoms with van der Waals surface area (Å²) in [5.74, 6) is -0.800. The zero-order valence-corrected chi connectivity index (χ0v) is 11.3. The topological polar surface area (TPSA) is 85.2 Å². The Kier molecular flexibility index (Phi) is 3.37. The van der Waals surface area contributed by atoms with Gasteiger partial charge in [0.05, 0.1) is 16.1 Å². The molecule has 0 unspecified atom stereocenters. The van der Waals surface area contributed by atoms with Crippen LogP contribution >= 0.6 is 11.6 Å². The minimum absolute atomic E-state index is 0.0404. The van der Waals surface area contributed by atoms with Crippen molar-refractivity contribution in [2.24, 2.45) is 0 Å². The molecule has 0 aliphatic heterocycles. The number of carboxylic acid groups (broad SMARTS) is 1. The summed E-state index contributed by atoms with van der Waals surface area (Å²) in [5, 5.41) is 16.9. The first kappa shape index (κ1) is 13.3. The third kappa shape index (κ3) is 2.75. The van der Waals surface area contributed by atoms with Crippen molar-refractivity contribution in [2.45, 2.75) is 0 Å². The fraction of sp³-hybridized carbons (Fsp3) is 0. The fourth-order valence-electron chi connectivity index (χ4n) is 1.72. The first-order valence-electron chi connectivity index (χ1n) is 5.93. The lowest BCUT2D eigenvalue weighted by atomic mass is 10.2. The van der Waals surface area contributed by atoms with Crippen molar-refractivity contribution in [3.63, 3.8) is 0 Å². The zero-order valence-electron chi connectivity index (χ0n) is 10.5. The molecule has 0 atom stereocenters. The van der Waals surface area contributed by atoms with Gasteiger partial charge in [-0.3, -0.25) is 0 Å². The molecule has 104 valence electrons. The highest BCUT2D eigenvalue weighted by atomic mass is 35.5. The summed E-state index contributed by atoms with van der Waals surface area (Å²) in [5.41, 5.74) is 1.36. The first-order valence-corrected chi connectivity index (χ1v) is 6.31. The standard InChI is InChI=1S/C14H8ClN3O3/c15-9-7-8(13(19)20)5-6-12(9)21-14-16-10-3-1-2-4-11(10)17-18-14/h1-7H,(H,19,20). The molecule has 1 N–H and O–H groups in total. The molecular weight excluding hydrogens is 294 g/mol. The maximum Gasteiger partial charge on any atom is 0.341 e. The van der Waals surface area contributed by atoms with Gasteiger partial charge in [-0.15, -0.1) is 5.10 Å². The number of nitrogens with zero attached hydrogens (tertiary/aromatic N) is 3. The van der Waals surface area contributed by atoms with Crippen molar-refractivity contribution < 1.29 is 14.6 Å². The minimum Gasteiger partial charge on any atom is -0.478 e. The second-order valence-corrected chi connectivity index (χ2v) is 4.54. The number of aromatic carboxylic acids is 1. The maximum atomic E-state index is 10.8. The van der Waals surface area contributed by atoms with Gasteiger partial charge in [0.25, 0.3) is 0 Å². The van der Waals surface area contributed by atoms with Crippen molar-refractivity contribution in [3.8, 4) is 11.8 Å². The Balaban J connectivity index is 1.93.